The Balaban J connectivity index is 1.41. The van der Waals surface area contributed by atoms with Crippen LogP contribution in [0.4, 0.5) is 16.2 Å². The number of nitrogens with one attached hydrogen (secondary N) is 1. The summed E-state index contributed by atoms with van der Waals surface area (Å²) < 4.78 is 0. The summed E-state index contributed by atoms with van der Waals surface area (Å²) in [6, 6.07) is 18.2. The third-order valence-electron chi connectivity index (χ3n) is 7.04. The van der Waals surface area contributed by atoms with Crippen molar-refractivity contribution in [1.82, 2.24) is 4.90 Å². The van der Waals surface area contributed by atoms with Crippen molar-refractivity contribution in [2.24, 2.45) is 5.92 Å². The number of fused-ring (bicyclic) bond motifs is 3. The number of anilines is 2. The van der Waals surface area contributed by atoms with Crippen LogP contribution in [-0.2, 0) is 0 Å². The molecule has 2 aromatic rings. The number of likely N-dealkylation sites (tertiary alicyclic amines) is 1. The monoisotopic (exact) mass is 391 g/mol. The second-order valence-electron chi connectivity index (χ2n) is 8.66. The van der Waals surface area contributed by atoms with Gasteiger partial charge in [-0.2, -0.15) is 0 Å². The summed E-state index contributed by atoms with van der Waals surface area (Å²) in [6.07, 6.45) is 5.23. The summed E-state index contributed by atoms with van der Waals surface area (Å²) in [5.74, 6) is 1.03. The van der Waals surface area contributed by atoms with Crippen LogP contribution in [0.25, 0.3) is 0 Å². The first-order valence-electron chi connectivity index (χ1n) is 10.9. The van der Waals surface area contributed by atoms with Crippen LogP contribution in [0.5, 0.6) is 0 Å². The molecule has 5 rings (SSSR count). The SMILES string of the molecule is O=C(Nc1ccccc1)N1C[C@H]2[C@@H](c3ccccc31)[C@@H](CO)N2CC1CCCC1. The zero-order valence-corrected chi connectivity index (χ0v) is 16.7. The number of aliphatic hydroxyl groups excluding tert-OH is 1. The normalized spacial score (nSPS) is 26.5. The second-order valence-corrected chi connectivity index (χ2v) is 8.66. The van der Waals surface area contributed by atoms with E-state index in [0.717, 1.165) is 23.8 Å². The third kappa shape index (κ3) is 3.32. The zero-order valence-electron chi connectivity index (χ0n) is 16.7. The van der Waals surface area contributed by atoms with Crippen molar-refractivity contribution in [2.75, 3.05) is 29.9 Å². The van der Waals surface area contributed by atoms with Gasteiger partial charge in [-0.1, -0.05) is 49.2 Å². The van der Waals surface area contributed by atoms with Gasteiger partial charge in [0.25, 0.3) is 0 Å². The number of carbonyl (C=O) groups excluding carboxylic acids is 1. The minimum atomic E-state index is -0.0876. The average molecular weight is 392 g/mol. The Labute approximate surface area is 172 Å². The highest BCUT2D eigenvalue weighted by Crippen LogP contribution is 2.49. The number of urea groups is 1. The van der Waals surface area contributed by atoms with Gasteiger partial charge in [-0.15, -0.1) is 0 Å². The predicted octanol–water partition coefficient (Wildman–Crippen LogP) is 4.06. The average Bonchev–Trinajstić information content (AvgIpc) is 3.26. The lowest BCUT2D eigenvalue weighted by atomic mass is 9.71. The van der Waals surface area contributed by atoms with Crippen molar-refractivity contribution in [3.05, 3.63) is 60.2 Å². The van der Waals surface area contributed by atoms with Crippen molar-refractivity contribution in [3.63, 3.8) is 0 Å². The first-order valence-corrected chi connectivity index (χ1v) is 10.9. The van der Waals surface area contributed by atoms with Crippen LogP contribution >= 0.6 is 0 Å². The van der Waals surface area contributed by atoms with Gasteiger partial charge >= 0.3 is 6.03 Å². The lowest BCUT2D eigenvalue weighted by Crippen LogP contribution is -2.70. The van der Waals surface area contributed by atoms with Crippen LogP contribution in [0.3, 0.4) is 0 Å². The molecule has 0 unspecified atom stereocenters. The van der Waals surface area contributed by atoms with Gasteiger partial charge in [-0.3, -0.25) is 9.80 Å². The number of hydrogen-bond acceptors (Lipinski definition) is 3. The standard InChI is InChI=1S/C24H29N3O2/c28-16-22-23-19-12-6-7-13-20(19)27(24(29)25-18-10-2-1-3-11-18)15-21(23)26(22)14-17-8-4-5-9-17/h1-3,6-7,10-13,17,21-23,28H,4-5,8-9,14-16H2,(H,25,29)/t21-,22+,23+/m0/s1. The van der Waals surface area contributed by atoms with Crippen LogP contribution in [-0.4, -0.2) is 47.8 Å². The van der Waals surface area contributed by atoms with Crippen molar-refractivity contribution in [2.45, 2.75) is 43.7 Å². The highest BCUT2D eigenvalue weighted by Gasteiger charge is 2.53. The van der Waals surface area contributed by atoms with Gasteiger partial charge < -0.3 is 10.4 Å². The number of rotatable bonds is 4. The molecule has 0 spiro atoms. The molecule has 29 heavy (non-hydrogen) atoms. The highest BCUT2D eigenvalue weighted by atomic mass is 16.3. The lowest BCUT2D eigenvalue weighted by Gasteiger charge is -2.59. The van der Waals surface area contributed by atoms with Crippen LogP contribution in [0.2, 0.25) is 0 Å². The smallest absolute Gasteiger partial charge is 0.326 e. The van der Waals surface area contributed by atoms with Gasteiger partial charge in [0.15, 0.2) is 0 Å². The second kappa shape index (κ2) is 7.81. The number of para-hydroxylation sites is 2. The molecule has 152 valence electrons. The molecular formula is C24H29N3O2. The van der Waals surface area contributed by atoms with Crippen LogP contribution < -0.4 is 10.2 Å². The summed E-state index contributed by atoms with van der Waals surface area (Å²) in [6.45, 7) is 1.89. The fourth-order valence-corrected chi connectivity index (χ4v) is 5.63. The topological polar surface area (TPSA) is 55.8 Å². The number of nitrogens with zero attached hydrogens (tertiary/aromatic N) is 2. The van der Waals surface area contributed by atoms with E-state index in [-0.39, 0.29) is 24.7 Å². The molecule has 3 aliphatic rings. The number of amides is 2. The van der Waals surface area contributed by atoms with Gasteiger partial charge in [0.2, 0.25) is 0 Å². The van der Waals surface area contributed by atoms with E-state index in [9.17, 15) is 9.90 Å². The number of aliphatic hydroxyl groups is 1. The van der Waals surface area contributed by atoms with E-state index in [4.69, 9.17) is 0 Å². The maximum Gasteiger partial charge on any atom is 0.326 e. The lowest BCUT2D eigenvalue weighted by molar-refractivity contribution is -0.0509. The Morgan fingerprint density at radius 2 is 1.76 bits per heavy atom. The molecule has 0 radical (unpaired) electrons. The molecule has 2 aromatic carbocycles. The molecule has 2 N–H and O–H groups in total. The number of carbonyl (C=O) groups is 1. The largest absolute Gasteiger partial charge is 0.395 e. The van der Waals surface area contributed by atoms with Gasteiger partial charge in [0.05, 0.1) is 6.61 Å². The summed E-state index contributed by atoms with van der Waals surface area (Å²) in [4.78, 5) is 17.5. The maximum absolute atomic E-state index is 13.2. The number of hydrogen-bond donors (Lipinski definition) is 2. The Hall–Kier alpha value is -2.37. The zero-order chi connectivity index (χ0) is 19.8. The van der Waals surface area contributed by atoms with E-state index in [1.54, 1.807) is 0 Å². The minimum Gasteiger partial charge on any atom is -0.395 e. The van der Waals surface area contributed by atoms with E-state index in [1.165, 1.54) is 31.2 Å². The van der Waals surface area contributed by atoms with Gasteiger partial charge in [-0.05, 0) is 42.5 Å². The molecule has 1 saturated heterocycles. The van der Waals surface area contributed by atoms with Crippen molar-refractivity contribution in [1.29, 1.82) is 0 Å². The first-order chi connectivity index (χ1) is 14.3. The maximum atomic E-state index is 13.2. The van der Waals surface area contributed by atoms with E-state index in [0.29, 0.717) is 12.5 Å². The fourth-order valence-electron chi connectivity index (χ4n) is 5.63. The van der Waals surface area contributed by atoms with Crippen molar-refractivity contribution in [3.8, 4) is 0 Å². The fraction of sp³-hybridized carbons (Fsp3) is 0.458. The Morgan fingerprint density at radius 3 is 2.52 bits per heavy atom. The molecule has 0 aromatic heterocycles. The molecule has 1 aliphatic carbocycles. The summed E-state index contributed by atoms with van der Waals surface area (Å²) in [7, 11) is 0. The summed E-state index contributed by atoms with van der Waals surface area (Å²) >= 11 is 0. The van der Waals surface area contributed by atoms with Crippen molar-refractivity contribution < 1.29 is 9.90 Å². The third-order valence-corrected chi connectivity index (χ3v) is 7.04. The van der Waals surface area contributed by atoms with Gasteiger partial charge in [0, 0.05) is 42.5 Å². The number of benzene rings is 2. The van der Waals surface area contributed by atoms with Crippen LogP contribution in [0, 0.1) is 5.92 Å². The Kier molecular flexibility index (Phi) is 5.02. The van der Waals surface area contributed by atoms with Crippen LogP contribution in [0.15, 0.2) is 54.6 Å². The minimum absolute atomic E-state index is 0.0876. The molecule has 2 amide bonds. The quantitative estimate of drug-likeness (QED) is 0.826. The summed E-state index contributed by atoms with van der Waals surface area (Å²) in [5, 5.41) is 13.2. The van der Waals surface area contributed by atoms with Gasteiger partial charge in [-0.25, -0.2) is 4.79 Å². The molecule has 0 bridgehead atoms. The summed E-state index contributed by atoms with van der Waals surface area (Å²) in [5.41, 5.74) is 2.97. The highest BCUT2D eigenvalue weighted by molar-refractivity contribution is 6.02. The Bertz CT molecular complexity index is 865. The molecule has 5 nitrogen and oxygen atoms in total. The molecule has 5 heteroatoms. The van der Waals surface area contributed by atoms with Crippen LogP contribution in [0.1, 0.15) is 37.2 Å². The van der Waals surface area contributed by atoms with Gasteiger partial charge in [0.1, 0.15) is 0 Å². The molecular weight excluding hydrogens is 362 g/mol. The molecule has 1 saturated carbocycles. The molecule has 2 fully saturated rings. The van der Waals surface area contributed by atoms with E-state index < -0.39 is 0 Å². The van der Waals surface area contributed by atoms with E-state index in [1.807, 2.05) is 53.4 Å². The molecule has 2 heterocycles. The van der Waals surface area contributed by atoms with E-state index >= 15 is 0 Å². The molecule has 3 atom stereocenters. The van der Waals surface area contributed by atoms with E-state index in [2.05, 4.69) is 16.3 Å². The van der Waals surface area contributed by atoms with Crippen molar-refractivity contribution >= 4 is 17.4 Å². The molecule has 2 aliphatic heterocycles. The Morgan fingerprint density at radius 1 is 1.03 bits per heavy atom. The predicted molar refractivity (Wildman–Crippen MR) is 115 cm³/mol. The first kappa shape index (κ1) is 18.6.